The van der Waals surface area contributed by atoms with Gasteiger partial charge in [-0.3, -0.25) is 0 Å². The van der Waals surface area contributed by atoms with Crippen molar-refractivity contribution in [1.82, 2.24) is 5.32 Å². The molecule has 1 aliphatic carbocycles. The molecule has 0 spiro atoms. The number of nitrogens with zero attached hydrogens (tertiary/aromatic N) is 1. The van der Waals surface area contributed by atoms with Gasteiger partial charge in [0, 0.05) is 29.3 Å². The van der Waals surface area contributed by atoms with Crippen LogP contribution >= 0.6 is 15.9 Å². The van der Waals surface area contributed by atoms with E-state index in [4.69, 9.17) is 0 Å². The van der Waals surface area contributed by atoms with E-state index in [1.807, 2.05) is 7.05 Å². The van der Waals surface area contributed by atoms with Gasteiger partial charge in [0.05, 0.1) is 0 Å². The highest BCUT2D eigenvalue weighted by molar-refractivity contribution is 9.10. The van der Waals surface area contributed by atoms with Crippen molar-refractivity contribution in [2.75, 3.05) is 18.5 Å². The summed E-state index contributed by atoms with van der Waals surface area (Å²) in [5, 5.41) is 3.22. The molecular formula is C16H23BrN2. The van der Waals surface area contributed by atoms with Crippen molar-refractivity contribution < 1.29 is 0 Å². The fourth-order valence-corrected chi connectivity index (χ4v) is 4.28. The van der Waals surface area contributed by atoms with Crippen molar-refractivity contribution in [1.29, 1.82) is 0 Å². The Morgan fingerprint density at radius 3 is 2.89 bits per heavy atom. The van der Waals surface area contributed by atoms with E-state index in [1.54, 1.807) is 0 Å². The molecule has 1 saturated carbocycles. The van der Waals surface area contributed by atoms with Crippen molar-refractivity contribution in [3.63, 3.8) is 0 Å². The Kier molecular flexibility index (Phi) is 4.13. The maximum atomic E-state index is 3.72. The highest BCUT2D eigenvalue weighted by atomic mass is 79.9. The molecule has 1 aromatic rings. The number of halogens is 1. The summed E-state index contributed by atoms with van der Waals surface area (Å²) in [4.78, 5) is 2.65. The smallest absolute Gasteiger partial charge is 0.0380 e. The van der Waals surface area contributed by atoms with Crippen LogP contribution in [0.5, 0.6) is 0 Å². The predicted octanol–water partition coefficient (Wildman–Crippen LogP) is 3.94. The topological polar surface area (TPSA) is 15.3 Å². The third kappa shape index (κ3) is 2.68. The molecule has 0 bridgehead atoms. The second-order valence-corrected chi connectivity index (χ2v) is 6.75. The Morgan fingerprint density at radius 1 is 1.26 bits per heavy atom. The molecular weight excluding hydrogens is 300 g/mol. The molecule has 1 heterocycles. The number of benzene rings is 1. The van der Waals surface area contributed by atoms with Crippen LogP contribution in [-0.4, -0.2) is 19.6 Å². The summed E-state index contributed by atoms with van der Waals surface area (Å²) in [6.07, 6.45) is 7.08. The minimum Gasteiger partial charge on any atom is -0.368 e. The summed E-state index contributed by atoms with van der Waals surface area (Å²) in [6.45, 7) is 2.17. The van der Waals surface area contributed by atoms with Gasteiger partial charge in [-0.05, 0) is 49.9 Å². The zero-order valence-electron chi connectivity index (χ0n) is 11.7. The average molecular weight is 323 g/mol. The number of rotatable bonds is 3. The Hall–Kier alpha value is -0.540. The Labute approximate surface area is 124 Å². The lowest BCUT2D eigenvalue weighted by atomic mass is 9.85. The van der Waals surface area contributed by atoms with Gasteiger partial charge < -0.3 is 10.2 Å². The van der Waals surface area contributed by atoms with E-state index in [9.17, 15) is 0 Å². The third-order valence-electron chi connectivity index (χ3n) is 4.75. The number of fused-ring (bicyclic) bond motifs is 1. The Balaban J connectivity index is 1.80. The zero-order chi connectivity index (χ0) is 13.2. The molecule has 2 fully saturated rings. The van der Waals surface area contributed by atoms with Gasteiger partial charge in [0.15, 0.2) is 0 Å². The van der Waals surface area contributed by atoms with E-state index >= 15 is 0 Å². The van der Waals surface area contributed by atoms with Crippen LogP contribution in [0.1, 0.15) is 37.7 Å². The summed E-state index contributed by atoms with van der Waals surface area (Å²) in [6, 6.07) is 7.67. The largest absolute Gasteiger partial charge is 0.368 e. The zero-order valence-corrected chi connectivity index (χ0v) is 13.2. The summed E-state index contributed by atoms with van der Waals surface area (Å²) in [5.74, 6) is 0.949. The predicted molar refractivity (Wildman–Crippen MR) is 84.6 cm³/mol. The second-order valence-electron chi connectivity index (χ2n) is 5.90. The van der Waals surface area contributed by atoms with Gasteiger partial charge in [-0.1, -0.05) is 34.8 Å². The molecule has 3 heteroatoms. The van der Waals surface area contributed by atoms with Gasteiger partial charge in [-0.2, -0.15) is 0 Å². The maximum absolute atomic E-state index is 3.72. The molecule has 2 nitrogen and oxygen atoms in total. The van der Waals surface area contributed by atoms with E-state index in [1.165, 1.54) is 54.4 Å². The number of anilines is 1. The first-order chi connectivity index (χ1) is 9.29. The van der Waals surface area contributed by atoms with E-state index in [0.29, 0.717) is 0 Å². The molecule has 104 valence electrons. The molecule has 2 atom stereocenters. The van der Waals surface area contributed by atoms with E-state index < -0.39 is 0 Å². The molecule has 1 aliphatic heterocycles. The van der Waals surface area contributed by atoms with Crippen molar-refractivity contribution in [2.24, 2.45) is 5.92 Å². The number of hydrogen-bond acceptors (Lipinski definition) is 2. The number of hydrogen-bond donors (Lipinski definition) is 1. The van der Waals surface area contributed by atoms with Crippen LogP contribution in [0.15, 0.2) is 22.7 Å². The van der Waals surface area contributed by atoms with Crippen LogP contribution in [0.3, 0.4) is 0 Å². The fourth-order valence-electron chi connectivity index (χ4n) is 3.78. The second kappa shape index (κ2) is 5.84. The quantitative estimate of drug-likeness (QED) is 0.906. The van der Waals surface area contributed by atoms with E-state index in [0.717, 1.165) is 18.5 Å². The van der Waals surface area contributed by atoms with Crippen LogP contribution in [0.4, 0.5) is 5.69 Å². The third-order valence-corrected chi connectivity index (χ3v) is 5.48. The lowest BCUT2D eigenvalue weighted by molar-refractivity contribution is 0.342. The van der Waals surface area contributed by atoms with Gasteiger partial charge in [-0.15, -0.1) is 0 Å². The molecule has 1 aromatic carbocycles. The van der Waals surface area contributed by atoms with Crippen molar-refractivity contribution in [3.8, 4) is 0 Å². The molecule has 0 radical (unpaired) electrons. The Morgan fingerprint density at radius 2 is 2.11 bits per heavy atom. The van der Waals surface area contributed by atoms with Crippen LogP contribution in [-0.2, 0) is 6.54 Å². The summed E-state index contributed by atoms with van der Waals surface area (Å²) >= 11 is 3.72. The van der Waals surface area contributed by atoms with Crippen molar-refractivity contribution in [3.05, 3.63) is 28.2 Å². The highest BCUT2D eigenvalue weighted by Crippen LogP contribution is 2.39. The van der Waals surface area contributed by atoms with Crippen molar-refractivity contribution >= 4 is 21.6 Å². The maximum Gasteiger partial charge on any atom is 0.0380 e. The molecule has 0 amide bonds. The molecule has 2 unspecified atom stereocenters. The SMILES string of the molecule is CNCc1ccc(N2CCC3CCCCC32)cc1Br. The minimum absolute atomic E-state index is 0.802. The summed E-state index contributed by atoms with van der Waals surface area (Å²) < 4.78 is 1.23. The average Bonchev–Trinajstić information content (AvgIpc) is 2.85. The summed E-state index contributed by atoms with van der Waals surface area (Å²) in [7, 11) is 1.99. The highest BCUT2D eigenvalue weighted by Gasteiger charge is 2.35. The summed E-state index contributed by atoms with van der Waals surface area (Å²) in [5.41, 5.74) is 2.74. The monoisotopic (exact) mass is 322 g/mol. The van der Waals surface area contributed by atoms with Gasteiger partial charge in [0.2, 0.25) is 0 Å². The standard InChI is InChI=1S/C16H23BrN2/c1-18-11-13-6-7-14(10-15(13)17)19-9-8-12-4-2-3-5-16(12)19/h6-7,10,12,16,18H,2-5,8-9,11H2,1H3. The minimum atomic E-state index is 0.802. The van der Waals surface area contributed by atoms with Crippen LogP contribution < -0.4 is 10.2 Å². The normalized spacial score (nSPS) is 26.5. The van der Waals surface area contributed by atoms with Gasteiger partial charge in [-0.25, -0.2) is 0 Å². The van der Waals surface area contributed by atoms with Crippen LogP contribution in [0.25, 0.3) is 0 Å². The molecule has 0 aromatic heterocycles. The fraction of sp³-hybridized carbons (Fsp3) is 0.625. The van der Waals surface area contributed by atoms with E-state index in [-0.39, 0.29) is 0 Å². The molecule has 1 N–H and O–H groups in total. The first kappa shape index (κ1) is 13.4. The van der Waals surface area contributed by atoms with Crippen LogP contribution in [0, 0.1) is 5.92 Å². The number of nitrogens with one attached hydrogen (secondary N) is 1. The molecule has 1 saturated heterocycles. The first-order valence-corrected chi connectivity index (χ1v) is 8.28. The molecule has 2 aliphatic rings. The lowest BCUT2D eigenvalue weighted by Crippen LogP contribution is -2.34. The van der Waals surface area contributed by atoms with Gasteiger partial charge in [0.1, 0.15) is 0 Å². The van der Waals surface area contributed by atoms with Crippen LogP contribution in [0.2, 0.25) is 0 Å². The van der Waals surface area contributed by atoms with Gasteiger partial charge >= 0.3 is 0 Å². The Bertz CT molecular complexity index is 446. The van der Waals surface area contributed by atoms with Gasteiger partial charge in [0.25, 0.3) is 0 Å². The van der Waals surface area contributed by atoms with Crippen molar-refractivity contribution in [2.45, 2.75) is 44.7 Å². The molecule has 3 rings (SSSR count). The lowest BCUT2D eigenvalue weighted by Gasteiger charge is -2.33. The van der Waals surface area contributed by atoms with E-state index in [2.05, 4.69) is 44.3 Å². The molecule has 19 heavy (non-hydrogen) atoms. The first-order valence-electron chi connectivity index (χ1n) is 7.49.